The van der Waals surface area contributed by atoms with Crippen molar-refractivity contribution in [1.29, 1.82) is 0 Å². The van der Waals surface area contributed by atoms with Crippen molar-refractivity contribution in [3.63, 3.8) is 0 Å². The molecule has 1 aliphatic carbocycles. The molecule has 1 aliphatic heterocycles. The second kappa shape index (κ2) is 4.71. The predicted octanol–water partition coefficient (Wildman–Crippen LogP) is 2.14. The third-order valence-corrected chi connectivity index (χ3v) is 3.70. The summed E-state index contributed by atoms with van der Waals surface area (Å²) in [6, 6.07) is 7.40. The summed E-state index contributed by atoms with van der Waals surface area (Å²) in [6.45, 7) is 0. The number of nitrogens with two attached hydrogens (primary N) is 1. The van der Waals surface area contributed by atoms with Gasteiger partial charge in [0.15, 0.2) is 0 Å². The van der Waals surface area contributed by atoms with Crippen molar-refractivity contribution < 1.29 is 14.3 Å². The van der Waals surface area contributed by atoms with Gasteiger partial charge in [-0.05, 0) is 18.9 Å². The average molecular weight is 247 g/mol. The molecule has 1 aromatic rings. The van der Waals surface area contributed by atoms with Crippen molar-refractivity contribution >= 4 is 5.97 Å². The van der Waals surface area contributed by atoms with Crippen LogP contribution in [-0.4, -0.2) is 18.1 Å². The van der Waals surface area contributed by atoms with Gasteiger partial charge in [0.25, 0.3) is 0 Å². The molecule has 4 nitrogen and oxygen atoms in total. The fourth-order valence-corrected chi connectivity index (χ4v) is 2.67. The summed E-state index contributed by atoms with van der Waals surface area (Å²) >= 11 is 0. The molecule has 18 heavy (non-hydrogen) atoms. The first-order chi connectivity index (χ1) is 8.75. The Hall–Kier alpha value is -1.39. The first-order valence-corrected chi connectivity index (χ1v) is 6.46. The van der Waals surface area contributed by atoms with E-state index in [2.05, 4.69) is 0 Å². The zero-order valence-corrected chi connectivity index (χ0v) is 10.2. The summed E-state index contributed by atoms with van der Waals surface area (Å²) < 4.78 is 11.2. The van der Waals surface area contributed by atoms with E-state index in [-0.39, 0.29) is 18.1 Å². The summed E-state index contributed by atoms with van der Waals surface area (Å²) in [5, 5.41) is 0. The fourth-order valence-electron chi connectivity index (χ4n) is 2.67. The van der Waals surface area contributed by atoms with Gasteiger partial charge in [-0.2, -0.15) is 0 Å². The largest absolute Gasteiger partial charge is 0.428 e. The SMILES string of the molecule is N[C@H]1CCCC[C@@H]1OC1OC(=O)c2ccccc21. The van der Waals surface area contributed by atoms with E-state index in [1.54, 1.807) is 6.07 Å². The van der Waals surface area contributed by atoms with Gasteiger partial charge in [0.1, 0.15) is 0 Å². The van der Waals surface area contributed by atoms with Crippen LogP contribution in [0.2, 0.25) is 0 Å². The Morgan fingerprint density at radius 3 is 2.83 bits per heavy atom. The molecule has 0 saturated heterocycles. The second-order valence-corrected chi connectivity index (χ2v) is 4.95. The molecule has 0 radical (unpaired) electrons. The molecule has 3 atom stereocenters. The van der Waals surface area contributed by atoms with E-state index in [1.807, 2.05) is 18.2 Å². The van der Waals surface area contributed by atoms with Crippen molar-refractivity contribution in [2.75, 3.05) is 0 Å². The molecule has 1 saturated carbocycles. The lowest BCUT2D eigenvalue weighted by Gasteiger charge is -2.30. The number of cyclic esters (lactones) is 1. The maximum Gasteiger partial charge on any atom is 0.341 e. The summed E-state index contributed by atoms with van der Waals surface area (Å²) in [4.78, 5) is 11.7. The highest BCUT2D eigenvalue weighted by Crippen LogP contribution is 2.34. The van der Waals surface area contributed by atoms with Crippen LogP contribution in [0, 0.1) is 0 Å². The van der Waals surface area contributed by atoms with E-state index in [0.717, 1.165) is 31.2 Å². The van der Waals surface area contributed by atoms with Crippen molar-refractivity contribution in [3.05, 3.63) is 35.4 Å². The van der Waals surface area contributed by atoms with Gasteiger partial charge in [0.2, 0.25) is 6.29 Å². The van der Waals surface area contributed by atoms with Crippen LogP contribution in [0.1, 0.15) is 47.9 Å². The number of ether oxygens (including phenoxy) is 2. The van der Waals surface area contributed by atoms with E-state index in [0.29, 0.717) is 5.56 Å². The van der Waals surface area contributed by atoms with Gasteiger partial charge in [0.05, 0.1) is 11.7 Å². The van der Waals surface area contributed by atoms with Crippen LogP contribution >= 0.6 is 0 Å². The number of benzene rings is 1. The lowest BCUT2D eigenvalue weighted by molar-refractivity contribution is -0.149. The molecule has 4 heteroatoms. The molecule has 0 aromatic heterocycles. The number of fused-ring (bicyclic) bond motifs is 1. The molecule has 1 fully saturated rings. The maximum atomic E-state index is 11.7. The predicted molar refractivity (Wildman–Crippen MR) is 65.9 cm³/mol. The third-order valence-electron chi connectivity index (χ3n) is 3.70. The van der Waals surface area contributed by atoms with Gasteiger partial charge in [-0.1, -0.05) is 31.0 Å². The second-order valence-electron chi connectivity index (χ2n) is 4.95. The van der Waals surface area contributed by atoms with E-state index >= 15 is 0 Å². The van der Waals surface area contributed by atoms with E-state index in [4.69, 9.17) is 15.2 Å². The molecule has 1 heterocycles. The minimum atomic E-state index is -0.581. The number of hydrogen-bond acceptors (Lipinski definition) is 4. The normalized spacial score (nSPS) is 30.9. The standard InChI is InChI=1S/C14H17NO3/c15-11-7-3-4-8-12(11)17-14-10-6-2-1-5-9(10)13(16)18-14/h1-2,5-6,11-12,14H,3-4,7-8,15H2/t11-,12-,14?/m0/s1. The number of esters is 1. The smallest absolute Gasteiger partial charge is 0.341 e. The minimum Gasteiger partial charge on any atom is -0.428 e. The average Bonchev–Trinajstić information content (AvgIpc) is 2.70. The Labute approximate surface area is 106 Å². The first kappa shape index (κ1) is 11.7. The monoisotopic (exact) mass is 247 g/mol. The van der Waals surface area contributed by atoms with Gasteiger partial charge in [-0.15, -0.1) is 0 Å². The van der Waals surface area contributed by atoms with Gasteiger partial charge in [-0.25, -0.2) is 4.79 Å². The Kier molecular flexibility index (Phi) is 3.06. The summed E-state index contributed by atoms with van der Waals surface area (Å²) in [5.74, 6) is -0.306. The van der Waals surface area contributed by atoms with Gasteiger partial charge in [0, 0.05) is 11.6 Å². The van der Waals surface area contributed by atoms with Crippen LogP contribution in [0.15, 0.2) is 24.3 Å². The van der Waals surface area contributed by atoms with Crippen molar-refractivity contribution in [2.24, 2.45) is 5.73 Å². The van der Waals surface area contributed by atoms with Crippen LogP contribution in [0.3, 0.4) is 0 Å². The highest BCUT2D eigenvalue weighted by molar-refractivity contribution is 5.93. The molecule has 1 aromatic carbocycles. The molecule has 3 rings (SSSR count). The minimum absolute atomic E-state index is 0.0114. The number of hydrogen-bond donors (Lipinski definition) is 1. The summed E-state index contributed by atoms with van der Waals surface area (Å²) in [6.07, 6.45) is 3.61. The molecular formula is C14H17NO3. The van der Waals surface area contributed by atoms with E-state index < -0.39 is 6.29 Å². The molecule has 96 valence electrons. The molecule has 1 unspecified atom stereocenters. The molecule has 2 aliphatic rings. The van der Waals surface area contributed by atoms with Crippen LogP contribution in [0.25, 0.3) is 0 Å². The molecular weight excluding hydrogens is 230 g/mol. The lowest BCUT2D eigenvalue weighted by Crippen LogP contribution is -2.40. The number of carbonyl (C=O) groups excluding carboxylic acids is 1. The van der Waals surface area contributed by atoms with Crippen LogP contribution in [0.4, 0.5) is 0 Å². The van der Waals surface area contributed by atoms with Crippen molar-refractivity contribution in [3.8, 4) is 0 Å². The number of carbonyl (C=O) groups is 1. The fraction of sp³-hybridized carbons (Fsp3) is 0.500. The van der Waals surface area contributed by atoms with E-state index in [9.17, 15) is 4.79 Å². The quantitative estimate of drug-likeness (QED) is 0.813. The van der Waals surface area contributed by atoms with Crippen LogP contribution < -0.4 is 5.73 Å². The van der Waals surface area contributed by atoms with Gasteiger partial charge < -0.3 is 15.2 Å². The lowest BCUT2D eigenvalue weighted by atomic mass is 9.93. The molecule has 2 N–H and O–H groups in total. The first-order valence-electron chi connectivity index (χ1n) is 6.46. The molecule has 0 spiro atoms. The zero-order chi connectivity index (χ0) is 12.5. The topological polar surface area (TPSA) is 61.6 Å². The Balaban J connectivity index is 1.76. The van der Waals surface area contributed by atoms with Crippen molar-refractivity contribution in [1.82, 2.24) is 0 Å². The van der Waals surface area contributed by atoms with E-state index in [1.165, 1.54) is 0 Å². The third kappa shape index (κ3) is 2.02. The summed E-state index contributed by atoms with van der Waals surface area (Å²) in [7, 11) is 0. The van der Waals surface area contributed by atoms with Crippen molar-refractivity contribution in [2.45, 2.75) is 44.1 Å². The van der Waals surface area contributed by atoms with Gasteiger partial charge in [-0.3, -0.25) is 0 Å². The molecule has 0 bridgehead atoms. The highest BCUT2D eigenvalue weighted by Gasteiger charge is 2.35. The Bertz CT molecular complexity index is 460. The maximum absolute atomic E-state index is 11.7. The van der Waals surface area contributed by atoms with Gasteiger partial charge >= 0.3 is 5.97 Å². The number of rotatable bonds is 2. The zero-order valence-electron chi connectivity index (χ0n) is 10.2. The van der Waals surface area contributed by atoms with Crippen LogP contribution in [-0.2, 0) is 9.47 Å². The highest BCUT2D eigenvalue weighted by atomic mass is 16.7. The Morgan fingerprint density at radius 2 is 2.00 bits per heavy atom. The molecule has 0 amide bonds. The van der Waals surface area contributed by atoms with Crippen LogP contribution in [0.5, 0.6) is 0 Å². The summed E-state index contributed by atoms with van der Waals surface area (Å²) in [5.41, 5.74) is 7.47. The Morgan fingerprint density at radius 1 is 1.22 bits per heavy atom.